The highest BCUT2D eigenvalue weighted by Gasteiger charge is 2.31. The molecule has 0 saturated carbocycles. The topological polar surface area (TPSA) is 41.6 Å². The van der Waals surface area contributed by atoms with Gasteiger partial charge in [0.1, 0.15) is 5.60 Å². The van der Waals surface area contributed by atoms with E-state index in [1.54, 1.807) is 0 Å². The van der Waals surface area contributed by atoms with Gasteiger partial charge in [-0.3, -0.25) is 0 Å². The number of hydrogen-bond donors (Lipinski definition) is 1. The first-order valence-electron chi connectivity index (χ1n) is 9.30. The van der Waals surface area contributed by atoms with Crippen LogP contribution >= 0.6 is 23.1 Å². The third-order valence-corrected chi connectivity index (χ3v) is 7.01. The van der Waals surface area contributed by atoms with Crippen molar-refractivity contribution in [2.45, 2.75) is 80.5 Å². The van der Waals surface area contributed by atoms with Gasteiger partial charge in [-0.2, -0.15) is 0 Å². The van der Waals surface area contributed by atoms with Crippen LogP contribution in [-0.4, -0.2) is 41.0 Å². The van der Waals surface area contributed by atoms with Crippen molar-refractivity contribution in [3.05, 3.63) is 17.0 Å². The third-order valence-electron chi connectivity index (χ3n) is 4.67. The zero-order valence-corrected chi connectivity index (χ0v) is 17.3. The quantitative estimate of drug-likeness (QED) is 0.777. The summed E-state index contributed by atoms with van der Waals surface area (Å²) in [6, 6.07) is 3.00. The van der Waals surface area contributed by atoms with E-state index >= 15 is 0 Å². The molecule has 1 N–H and O–H groups in total. The predicted octanol–water partition coefficient (Wildman–Crippen LogP) is 5.05. The van der Waals surface area contributed by atoms with E-state index in [0.29, 0.717) is 17.3 Å². The molecule has 1 aromatic heterocycles. The number of thioether (sulfide) groups is 1. The molecule has 0 aromatic carbocycles. The Kier molecular flexibility index (Phi) is 6.01. The lowest BCUT2D eigenvalue weighted by Gasteiger charge is -2.33. The Morgan fingerprint density at radius 2 is 2.16 bits per heavy atom. The molecular formula is C19H30N2O2S2. The summed E-state index contributed by atoms with van der Waals surface area (Å²) in [6.07, 6.45) is 4.31. The Morgan fingerprint density at radius 1 is 1.36 bits per heavy atom. The maximum absolute atomic E-state index is 12.5. The van der Waals surface area contributed by atoms with Crippen molar-refractivity contribution in [3.8, 4) is 0 Å². The van der Waals surface area contributed by atoms with Gasteiger partial charge in [-0.25, -0.2) is 4.79 Å². The van der Waals surface area contributed by atoms with Crippen molar-refractivity contribution in [1.82, 2.24) is 10.2 Å². The standard InChI is InChI=1S/C19H30N2O2S2/c1-13-11-16(15-8-10-24-17(15)25-13)20-14-7-5-6-9-21(12-14)18(22)23-19(2,3)4/h8,10,13-14,16,20H,5-7,9,11-12H2,1-4H3/t13-,14?,16?/m0/s1. The molecule has 25 heavy (non-hydrogen) atoms. The van der Waals surface area contributed by atoms with Crippen LogP contribution < -0.4 is 5.32 Å². The number of hydrogen-bond acceptors (Lipinski definition) is 5. The maximum Gasteiger partial charge on any atom is 0.410 e. The molecule has 1 amide bonds. The summed E-state index contributed by atoms with van der Waals surface area (Å²) >= 11 is 3.84. The highest BCUT2D eigenvalue weighted by molar-refractivity contribution is 8.01. The number of nitrogens with zero attached hydrogens (tertiary/aromatic N) is 1. The zero-order valence-electron chi connectivity index (χ0n) is 15.7. The molecule has 3 rings (SSSR count). The van der Waals surface area contributed by atoms with Crippen LogP contribution in [0.3, 0.4) is 0 Å². The molecular weight excluding hydrogens is 352 g/mol. The molecule has 0 aliphatic carbocycles. The van der Waals surface area contributed by atoms with Crippen LogP contribution in [0.5, 0.6) is 0 Å². The van der Waals surface area contributed by atoms with Gasteiger partial charge in [-0.15, -0.1) is 23.1 Å². The molecule has 2 aliphatic heterocycles. The molecule has 2 unspecified atom stereocenters. The molecule has 4 nitrogen and oxygen atoms in total. The fraction of sp³-hybridized carbons (Fsp3) is 0.737. The van der Waals surface area contributed by atoms with E-state index in [9.17, 15) is 4.79 Å². The molecule has 1 saturated heterocycles. The zero-order chi connectivity index (χ0) is 18.0. The number of nitrogens with one attached hydrogen (secondary N) is 1. The van der Waals surface area contributed by atoms with E-state index in [1.807, 2.05) is 48.8 Å². The van der Waals surface area contributed by atoms with Gasteiger partial charge >= 0.3 is 6.09 Å². The van der Waals surface area contributed by atoms with Crippen molar-refractivity contribution in [2.24, 2.45) is 0 Å². The summed E-state index contributed by atoms with van der Waals surface area (Å²) in [5, 5.41) is 6.70. The Labute approximate surface area is 159 Å². The minimum atomic E-state index is -0.437. The van der Waals surface area contributed by atoms with Crippen LogP contribution in [0.15, 0.2) is 15.7 Å². The summed E-state index contributed by atoms with van der Waals surface area (Å²) in [4.78, 5) is 14.4. The van der Waals surface area contributed by atoms with Crippen LogP contribution in [0, 0.1) is 0 Å². The fourth-order valence-corrected chi connectivity index (χ4v) is 6.13. The van der Waals surface area contributed by atoms with Gasteiger partial charge in [0, 0.05) is 30.4 Å². The first kappa shape index (κ1) is 19.1. The number of thiophene rings is 1. The number of amides is 1. The second kappa shape index (κ2) is 7.89. The summed E-state index contributed by atoms with van der Waals surface area (Å²) in [6.45, 7) is 9.63. The average Bonchev–Trinajstić information content (AvgIpc) is 2.83. The van der Waals surface area contributed by atoms with Gasteiger partial charge in [-0.1, -0.05) is 13.3 Å². The predicted molar refractivity (Wildman–Crippen MR) is 106 cm³/mol. The first-order valence-corrected chi connectivity index (χ1v) is 11.1. The number of carbonyl (C=O) groups excluding carboxylic acids is 1. The highest BCUT2D eigenvalue weighted by Crippen LogP contribution is 2.44. The first-order chi connectivity index (χ1) is 11.8. The lowest BCUT2D eigenvalue weighted by Crippen LogP contribution is -2.45. The molecule has 140 valence electrons. The third kappa shape index (κ3) is 5.14. The lowest BCUT2D eigenvalue weighted by molar-refractivity contribution is 0.0241. The minimum Gasteiger partial charge on any atom is -0.444 e. The van der Waals surface area contributed by atoms with Crippen molar-refractivity contribution in [1.29, 1.82) is 0 Å². The van der Waals surface area contributed by atoms with Gasteiger partial charge in [0.25, 0.3) is 0 Å². The second-order valence-electron chi connectivity index (χ2n) is 8.17. The number of likely N-dealkylation sites (tertiary alicyclic amines) is 1. The van der Waals surface area contributed by atoms with E-state index in [-0.39, 0.29) is 6.09 Å². The van der Waals surface area contributed by atoms with Crippen molar-refractivity contribution >= 4 is 29.2 Å². The molecule has 2 aliphatic rings. The van der Waals surface area contributed by atoms with Crippen molar-refractivity contribution < 1.29 is 9.53 Å². The van der Waals surface area contributed by atoms with E-state index in [2.05, 4.69) is 23.7 Å². The van der Waals surface area contributed by atoms with Crippen LogP contribution in [0.4, 0.5) is 4.79 Å². The number of carbonyl (C=O) groups is 1. The number of rotatable bonds is 2. The summed E-state index contributed by atoms with van der Waals surface area (Å²) in [5.74, 6) is 0. The lowest BCUT2D eigenvalue weighted by atomic mass is 10.0. The van der Waals surface area contributed by atoms with Gasteiger partial charge in [0.05, 0.1) is 4.21 Å². The van der Waals surface area contributed by atoms with Crippen LogP contribution in [0.1, 0.15) is 65.0 Å². The second-order valence-corrected chi connectivity index (χ2v) is 10.8. The smallest absolute Gasteiger partial charge is 0.410 e. The Balaban J connectivity index is 1.65. The number of ether oxygens (including phenoxy) is 1. The molecule has 1 fully saturated rings. The van der Waals surface area contributed by atoms with E-state index in [4.69, 9.17) is 4.74 Å². The molecule has 3 heterocycles. The average molecular weight is 383 g/mol. The molecule has 0 radical (unpaired) electrons. The van der Waals surface area contributed by atoms with Crippen LogP contribution in [0.2, 0.25) is 0 Å². The minimum absolute atomic E-state index is 0.176. The molecule has 0 spiro atoms. The van der Waals surface area contributed by atoms with Gasteiger partial charge < -0.3 is 15.0 Å². The molecule has 3 atom stereocenters. The SMILES string of the molecule is C[C@H]1CC(NC2CCCCN(C(=O)OC(C)(C)C)C2)c2ccsc2S1. The monoisotopic (exact) mass is 382 g/mol. The van der Waals surface area contributed by atoms with Crippen molar-refractivity contribution in [3.63, 3.8) is 0 Å². The molecule has 6 heteroatoms. The summed E-state index contributed by atoms with van der Waals surface area (Å²) in [7, 11) is 0. The van der Waals surface area contributed by atoms with Crippen molar-refractivity contribution in [2.75, 3.05) is 13.1 Å². The van der Waals surface area contributed by atoms with Crippen LogP contribution in [-0.2, 0) is 4.74 Å². The highest BCUT2D eigenvalue weighted by atomic mass is 32.2. The van der Waals surface area contributed by atoms with E-state index in [0.717, 1.165) is 38.8 Å². The van der Waals surface area contributed by atoms with Gasteiger partial charge in [-0.05, 0) is 57.0 Å². The Hall–Kier alpha value is -0.720. The molecule has 1 aromatic rings. The Bertz CT molecular complexity index is 596. The fourth-order valence-electron chi connectivity index (χ4n) is 3.56. The largest absolute Gasteiger partial charge is 0.444 e. The van der Waals surface area contributed by atoms with Crippen LogP contribution in [0.25, 0.3) is 0 Å². The van der Waals surface area contributed by atoms with Gasteiger partial charge in [0.15, 0.2) is 0 Å². The maximum atomic E-state index is 12.5. The number of fused-ring (bicyclic) bond motifs is 1. The van der Waals surface area contributed by atoms with Gasteiger partial charge in [0.2, 0.25) is 0 Å². The molecule has 0 bridgehead atoms. The summed E-state index contributed by atoms with van der Waals surface area (Å²) in [5.41, 5.74) is 1.01. The van der Waals surface area contributed by atoms with E-state index < -0.39 is 5.60 Å². The summed E-state index contributed by atoms with van der Waals surface area (Å²) < 4.78 is 7.04. The van der Waals surface area contributed by atoms with E-state index in [1.165, 1.54) is 9.77 Å². The Morgan fingerprint density at radius 3 is 2.92 bits per heavy atom. The normalized spacial score (nSPS) is 27.5.